The Labute approximate surface area is 76.4 Å². The molecule has 0 aromatic carbocycles. The van der Waals surface area contributed by atoms with Gasteiger partial charge in [-0.2, -0.15) is 13.2 Å². The van der Waals surface area contributed by atoms with Crippen LogP contribution in [0.1, 0.15) is 0 Å². The van der Waals surface area contributed by atoms with E-state index in [1.54, 1.807) is 0 Å². The summed E-state index contributed by atoms with van der Waals surface area (Å²) in [5.41, 5.74) is 0. The molecule has 0 aromatic rings. The van der Waals surface area contributed by atoms with E-state index in [2.05, 4.69) is 0 Å². The highest BCUT2D eigenvalue weighted by Gasteiger charge is 2.47. The smallest absolute Gasteiger partial charge is 0.393 e. The highest BCUT2D eigenvalue weighted by atomic mass is 19.4. The number of rotatable bonds is 4. The summed E-state index contributed by atoms with van der Waals surface area (Å²) in [6, 6.07) is 0. The molecule has 0 spiro atoms. The minimum atomic E-state index is -5.16. The normalized spacial score (nSPS) is 21.4. The average molecular weight is 222 g/mol. The lowest BCUT2D eigenvalue weighted by atomic mass is 10.0. The monoisotopic (exact) mass is 222 g/mol. The Bertz CT molecular complexity index is 174. The van der Waals surface area contributed by atoms with Gasteiger partial charge in [0.15, 0.2) is 12.3 Å². The van der Waals surface area contributed by atoms with Gasteiger partial charge in [-0.15, -0.1) is 0 Å². The van der Waals surface area contributed by atoms with Crippen LogP contribution in [0.2, 0.25) is 0 Å². The third-order valence-electron chi connectivity index (χ3n) is 1.55. The summed E-state index contributed by atoms with van der Waals surface area (Å²) in [6.07, 6.45) is -16.1. The van der Waals surface area contributed by atoms with Gasteiger partial charge in [0, 0.05) is 0 Å². The van der Waals surface area contributed by atoms with E-state index in [0.717, 1.165) is 0 Å². The van der Waals surface area contributed by atoms with Gasteiger partial charge in [-0.05, 0) is 0 Å². The van der Waals surface area contributed by atoms with Crippen LogP contribution < -0.4 is 0 Å². The van der Waals surface area contributed by atoms with Gasteiger partial charge in [0.2, 0.25) is 0 Å². The number of aliphatic hydroxyl groups is 4. The molecule has 0 fully saturated rings. The lowest BCUT2D eigenvalue weighted by Crippen LogP contribution is -2.50. The van der Waals surface area contributed by atoms with Gasteiger partial charge in [0.25, 0.3) is 0 Å². The van der Waals surface area contributed by atoms with Crippen LogP contribution in [0.5, 0.6) is 0 Å². The van der Waals surface area contributed by atoms with Gasteiger partial charge in [-0.25, -0.2) is 4.39 Å². The summed E-state index contributed by atoms with van der Waals surface area (Å²) in [4.78, 5) is 0. The van der Waals surface area contributed by atoms with Gasteiger partial charge in [-0.3, -0.25) is 0 Å². The Balaban J connectivity index is 4.38. The van der Waals surface area contributed by atoms with Crippen molar-refractivity contribution in [2.75, 3.05) is 6.61 Å². The van der Waals surface area contributed by atoms with Crippen molar-refractivity contribution in [3.8, 4) is 0 Å². The first kappa shape index (κ1) is 13.6. The molecule has 0 aliphatic heterocycles. The van der Waals surface area contributed by atoms with Crippen molar-refractivity contribution < 1.29 is 38.0 Å². The van der Waals surface area contributed by atoms with Gasteiger partial charge in [0.05, 0.1) is 6.61 Å². The third kappa shape index (κ3) is 3.37. The molecule has 0 saturated carbocycles. The number of alkyl halides is 4. The fourth-order valence-corrected chi connectivity index (χ4v) is 0.702. The topological polar surface area (TPSA) is 80.9 Å². The van der Waals surface area contributed by atoms with Gasteiger partial charge >= 0.3 is 6.18 Å². The molecular formula is C6H10F4O4. The molecule has 0 bridgehead atoms. The lowest BCUT2D eigenvalue weighted by molar-refractivity contribution is -0.245. The molecule has 0 amide bonds. The molecule has 0 saturated heterocycles. The molecule has 14 heavy (non-hydrogen) atoms. The lowest BCUT2D eigenvalue weighted by Gasteiger charge is -2.25. The molecule has 4 N–H and O–H groups in total. The zero-order valence-corrected chi connectivity index (χ0v) is 6.82. The average Bonchev–Trinajstić information content (AvgIpc) is 2.11. The zero-order valence-electron chi connectivity index (χ0n) is 6.82. The van der Waals surface area contributed by atoms with Crippen LogP contribution in [0.15, 0.2) is 0 Å². The molecule has 8 heteroatoms. The molecule has 0 unspecified atom stereocenters. The molecule has 0 heterocycles. The molecule has 4 nitrogen and oxygen atoms in total. The SMILES string of the molecule is OC[C@H](F)[C@H](O)[C@H](O)[C@@H](O)C(F)(F)F. The van der Waals surface area contributed by atoms with Gasteiger partial charge in [-0.1, -0.05) is 0 Å². The van der Waals surface area contributed by atoms with Gasteiger partial charge < -0.3 is 20.4 Å². The van der Waals surface area contributed by atoms with Crippen molar-refractivity contribution in [2.24, 2.45) is 0 Å². The van der Waals surface area contributed by atoms with E-state index in [9.17, 15) is 17.6 Å². The maximum Gasteiger partial charge on any atom is 0.417 e. The van der Waals surface area contributed by atoms with Crippen molar-refractivity contribution in [1.82, 2.24) is 0 Å². The third-order valence-corrected chi connectivity index (χ3v) is 1.55. The van der Waals surface area contributed by atoms with E-state index in [0.29, 0.717) is 0 Å². The van der Waals surface area contributed by atoms with Crippen LogP contribution in [0.4, 0.5) is 17.6 Å². The van der Waals surface area contributed by atoms with E-state index < -0.39 is 37.3 Å². The van der Waals surface area contributed by atoms with E-state index in [4.69, 9.17) is 20.4 Å². The molecule has 86 valence electrons. The zero-order chi connectivity index (χ0) is 11.5. The largest absolute Gasteiger partial charge is 0.417 e. The van der Waals surface area contributed by atoms with Crippen molar-refractivity contribution in [3.05, 3.63) is 0 Å². The minimum Gasteiger partial charge on any atom is -0.393 e. The second kappa shape index (κ2) is 4.87. The Morgan fingerprint density at radius 3 is 1.71 bits per heavy atom. The maximum absolute atomic E-state index is 12.4. The van der Waals surface area contributed by atoms with Crippen molar-refractivity contribution in [2.45, 2.75) is 30.7 Å². The van der Waals surface area contributed by atoms with E-state index in [1.807, 2.05) is 0 Å². The Hall–Kier alpha value is -0.440. The van der Waals surface area contributed by atoms with Crippen LogP contribution in [0, 0.1) is 0 Å². The number of hydrogen-bond acceptors (Lipinski definition) is 4. The molecular weight excluding hydrogens is 212 g/mol. The van der Waals surface area contributed by atoms with E-state index in [-0.39, 0.29) is 0 Å². The van der Waals surface area contributed by atoms with Crippen LogP contribution in [-0.2, 0) is 0 Å². The number of halogens is 4. The first-order chi connectivity index (χ1) is 6.21. The van der Waals surface area contributed by atoms with E-state index in [1.165, 1.54) is 0 Å². The Morgan fingerprint density at radius 1 is 1.00 bits per heavy atom. The molecule has 0 aliphatic rings. The number of aliphatic hydroxyl groups excluding tert-OH is 4. The quantitative estimate of drug-likeness (QED) is 0.458. The van der Waals surface area contributed by atoms with Crippen LogP contribution >= 0.6 is 0 Å². The predicted octanol–water partition coefficient (Wildman–Crippen LogP) is -1.04. The summed E-state index contributed by atoms with van der Waals surface area (Å²) >= 11 is 0. The summed E-state index contributed by atoms with van der Waals surface area (Å²) in [6.45, 7) is -1.25. The summed E-state index contributed by atoms with van der Waals surface area (Å²) in [7, 11) is 0. The highest BCUT2D eigenvalue weighted by molar-refractivity contribution is 4.84. The second-order valence-corrected chi connectivity index (χ2v) is 2.67. The first-order valence-corrected chi connectivity index (χ1v) is 3.57. The number of hydrogen-bond donors (Lipinski definition) is 4. The van der Waals surface area contributed by atoms with E-state index >= 15 is 0 Å². The molecule has 0 radical (unpaired) electrons. The highest BCUT2D eigenvalue weighted by Crippen LogP contribution is 2.24. The first-order valence-electron chi connectivity index (χ1n) is 3.57. The van der Waals surface area contributed by atoms with Crippen molar-refractivity contribution >= 4 is 0 Å². The molecule has 0 aromatic heterocycles. The standard InChI is InChI=1S/C6H10F4O4/c7-2(1-11)3(12)4(13)5(14)6(8,9)10/h2-5,11-14H,1H2/t2-,3-,4-,5+/m0/s1. The summed E-state index contributed by atoms with van der Waals surface area (Å²) < 4.78 is 47.5. The summed E-state index contributed by atoms with van der Waals surface area (Å²) in [5.74, 6) is 0. The summed E-state index contributed by atoms with van der Waals surface area (Å²) in [5, 5.41) is 33.8. The van der Waals surface area contributed by atoms with Crippen LogP contribution in [0.25, 0.3) is 0 Å². The molecule has 0 aliphatic carbocycles. The predicted molar refractivity (Wildman–Crippen MR) is 36.1 cm³/mol. The Kier molecular flexibility index (Phi) is 4.72. The van der Waals surface area contributed by atoms with Gasteiger partial charge in [0.1, 0.15) is 12.2 Å². The molecule has 0 rings (SSSR count). The Morgan fingerprint density at radius 2 is 1.43 bits per heavy atom. The molecule has 4 atom stereocenters. The second-order valence-electron chi connectivity index (χ2n) is 2.67. The minimum absolute atomic E-state index is 1.25. The van der Waals surface area contributed by atoms with Crippen molar-refractivity contribution in [1.29, 1.82) is 0 Å². The van der Waals surface area contributed by atoms with Crippen LogP contribution in [-0.4, -0.2) is 57.7 Å². The fraction of sp³-hybridized carbons (Fsp3) is 1.00. The maximum atomic E-state index is 12.4. The van der Waals surface area contributed by atoms with Crippen molar-refractivity contribution in [3.63, 3.8) is 0 Å². The fourth-order valence-electron chi connectivity index (χ4n) is 0.702. The van der Waals surface area contributed by atoms with Crippen LogP contribution in [0.3, 0.4) is 0 Å².